The number of rotatable bonds is 10. The summed E-state index contributed by atoms with van der Waals surface area (Å²) in [5, 5.41) is 0. The van der Waals surface area contributed by atoms with Crippen LogP contribution in [0.1, 0.15) is 48.2 Å². The average molecular weight is 463 g/mol. The molecule has 0 amide bonds. The first kappa shape index (κ1) is 25.0. The van der Waals surface area contributed by atoms with Crippen LogP contribution in [-0.2, 0) is 11.2 Å². The zero-order valence-corrected chi connectivity index (χ0v) is 20.1. The van der Waals surface area contributed by atoms with Gasteiger partial charge in [0.1, 0.15) is 28.6 Å². The molecule has 0 aliphatic heterocycles. The number of carbonyl (C=O) groups excluding carboxylic acids is 1. The molecule has 3 aromatic carbocycles. The molecule has 0 spiro atoms. The van der Waals surface area contributed by atoms with Gasteiger partial charge in [0.2, 0.25) is 0 Å². The van der Waals surface area contributed by atoms with Crippen molar-refractivity contribution in [3.8, 4) is 17.2 Å². The molecule has 0 saturated carbocycles. The number of hydrogen-bond acceptors (Lipinski definition) is 4. The number of allylic oxidation sites excluding steroid dienone is 2. The van der Waals surface area contributed by atoms with Crippen LogP contribution >= 0.6 is 0 Å². The van der Waals surface area contributed by atoms with Crippen molar-refractivity contribution in [1.29, 1.82) is 0 Å². The van der Waals surface area contributed by atoms with E-state index < -0.39 is 5.97 Å². The second-order valence-electron chi connectivity index (χ2n) is 8.30. The number of ether oxygens (including phenoxy) is 3. The van der Waals surface area contributed by atoms with Gasteiger partial charge in [0.15, 0.2) is 0 Å². The predicted octanol–water partition coefficient (Wildman–Crippen LogP) is 7.50. The van der Waals surface area contributed by atoms with E-state index in [1.54, 1.807) is 36.4 Å². The van der Waals surface area contributed by atoms with E-state index in [2.05, 4.69) is 13.8 Å². The lowest BCUT2D eigenvalue weighted by Crippen LogP contribution is -2.06. The molecule has 178 valence electrons. The fraction of sp³-hybridized carbons (Fsp3) is 0.276. The van der Waals surface area contributed by atoms with Crippen LogP contribution in [-0.4, -0.2) is 19.7 Å². The summed E-state index contributed by atoms with van der Waals surface area (Å²) in [5.74, 6) is 1.08. The van der Waals surface area contributed by atoms with Crippen LogP contribution in [0, 0.1) is 5.92 Å². The summed E-state index contributed by atoms with van der Waals surface area (Å²) in [6, 6.07) is 21.9. The molecule has 1 atom stereocenters. The standard InChI is InChI=1S/C29H31FO4/c1-5-33-24-14-12-22(13-15-24)27(20(2)3)19-23(30)17-21-11-16-26(29(31)32-4)28(18-21)34-25-9-7-6-8-10-25/h6-16,18-20,27H,5,17H2,1-4H3/b23-19-. The third kappa shape index (κ3) is 6.70. The minimum Gasteiger partial charge on any atom is -0.494 e. The largest absolute Gasteiger partial charge is 0.494 e. The molecule has 34 heavy (non-hydrogen) atoms. The lowest BCUT2D eigenvalue weighted by Gasteiger charge is -2.19. The Morgan fingerprint density at radius 3 is 2.29 bits per heavy atom. The van der Waals surface area contributed by atoms with Crippen LogP contribution in [0.2, 0.25) is 0 Å². The quantitative estimate of drug-likeness (QED) is 0.293. The van der Waals surface area contributed by atoms with Crippen LogP contribution in [0.3, 0.4) is 0 Å². The van der Waals surface area contributed by atoms with E-state index in [-0.39, 0.29) is 29.6 Å². The van der Waals surface area contributed by atoms with Gasteiger partial charge in [0, 0.05) is 12.3 Å². The first-order valence-corrected chi connectivity index (χ1v) is 11.4. The number of carbonyl (C=O) groups is 1. The van der Waals surface area contributed by atoms with Gasteiger partial charge in [0.05, 0.1) is 13.7 Å². The van der Waals surface area contributed by atoms with Gasteiger partial charge in [-0.05, 0) is 66.4 Å². The van der Waals surface area contributed by atoms with E-state index in [1.165, 1.54) is 7.11 Å². The Bertz CT molecular complexity index is 1100. The molecule has 0 heterocycles. The molecule has 5 heteroatoms. The van der Waals surface area contributed by atoms with Gasteiger partial charge in [-0.1, -0.05) is 50.2 Å². The molecule has 0 bridgehead atoms. The fourth-order valence-electron chi connectivity index (χ4n) is 3.73. The van der Waals surface area contributed by atoms with Gasteiger partial charge in [0.25, 0.3) is 0 Å². The SMILES string of the molecule is CCOc1ccc(C(/C=C(\F)Cc2ccc(C(=O)OC)c(Oc3ccccc3)c2)C(C)C)cc1. The number of halogens is 1. The van der Waals surface area contributed by atoms with Gasteiger partial charge in [-0.25, -0.2) is 9.18 Å². The zero-order chi connectivity index (χ0) is 24.5. The number of para-hydroxylation sites is 1. The minimum absolute atomic E-state index is 0.0786. The summed E-state index contributed by atoms with van der Waals surface area (Å²) in [5.41, 5.74) is 2.01. The van der Waals surface area contributed by atoms with Crippen molar-refractivity contribution < 1.29 is 23.4 Å². The summed E-state index contributed by atoms with van der Waals surface area (Å²) in [6.07, 6.45) is 1.76. The summed E-state index contributed by atoms with van der Waals surface area (Å²) in [4.78, 5) is 12.2. The third-order valence-electron chi connectivity index (χ3n) is 5.45. The Kier molecular flexibility index (Phi) is 8.86. The Hall–Kier alpha value is -3.60. The van der Waals surface area contributed by atoms with Crippen molar-refractivity contribution in [2.75, 3.05) is 13.7 Å². The van der Waals surface area contributed by atoms with Crippen molar-refractivity contribution in [3.05, 3.63) is 101 Å². The lowest BCUT2D eigenvalue weighted by molar-refractivity contribution is 0.0598. The van der Waals surface area contributed by atoms with Crippen LogP contribution in [0.5, 0.6) is 17.2 Å². The molecular formula is C29H31FO4. The topological polar surface area (TPSA) is 44.8 Å². The van der Waals surface area contributed by atoms with Crippen molar-refractivity contribution in [3.63, 3.8) is 0 Å². The molecule has 0 radical (unpaired) electrons. The monoisotopic (exact) mass is 462 g/mol. The average Bonchev–Trinajstić information content (AvgIpc) is 2.83. The summed E-state index contributed by atoms with van der Waals surface area (Å²) < 4.78 is 31.5. The Morgan fingerprint density at radius 2 is 1.68 bits per heavy atom. The number of hydrogen-bond donors (Lipinski definition) is 0. The van der Waals surface area contributed by atoms with E-state index >= 15 is 4.39 Å². The molecule has 0 aliphatic carbocycles. The Morgan fingerprint density at radius 1 is 0.971 bits per heavy atom. The van der Waals surface area contributed by atoms with Crippen molar-refractivity contribution >= 4 is 5.97 Å². The van der Waals surface area contributed by atoms with E-state index in [0.717, 1.165) is 11.3 Å². The molecule has 4 nitrogen and oxygen atoms in total. The van der Waals surface area contributed by atoms with Gasteiger partial charge in [-0.3, -0.25) is 0 Å². The first-order valence-electron chi connectivity index (χ1n) is 11.4. The van der Waals surface area contributed by atoms with Crippen LogP contribution < -0.4 is 9.47 Å². The zero-order valence-electron chi connectivity index (χ0n) is 20.1. The maximum Gasteiger partial charge on any atom is 0.341 e. The Labute approximate surface area is 201 Å². The van der Waals surface area contributed by atoms with Gasteiger partial charge in [-0.15, -0.1) is 0 Å². The molecule has 3 rings (SSSR count). The number of benzene rings is 3. The fourth-order valence-corrected chi connectivity index (χ4v) is 3.73. The highest BCUT2D eigenvalue weighted by Gasteiger charge is 2.18. The van der Waals surface area contributed by atoms with Crippen molar-refractivity contribution in [1.82, 2.24) is 0 Å². The molecule has 0 aliphatic rings. The second kappa shape index (κ2) is 12.0. The van der Waals surface area contributed by atoms with Crippen molar-refractivity contribution in [2.45, 2.75) is 33.1 Å². The highest BCUT2D eigenvalue weighted by molar-refractivity contribution is 5.92. The molecule has 0 aromatic heterocycles. The molecule has 0 fully saturated rings. The van der Waals surface area contributed by atoms with E-state index in [4.69, 9.17) is 14.2 Å². The van der Waals surface area contributed by atoms with Crippen LogP contribution in [0.25, 0.3) is 0 Å². The van der Waals surface area contributed by atoms with E-state index in [0.29, 0.717) is 23.7 Å². The second-order valence-corrected chi connectivity index (χ2v) is 8.30. The maximum absolute atomic E-state index is 15.2. The van der Waals surface area contributed by atoms with Gasteiger partial charge >= 0.3 is 5.97 Å². The van der Waals surface area contributed by atoms with Gasteiger partial charge < -0.3 is 14.2 Å². The summed E-state index contributed by atoms with van der Waals surface area (Å²) >= 11 is 0. The highest BCUT2D eigenvalue weighted by Crippen LogP contribution is 2.31. The van der Waals surface area contributed by atoms with Crippen LogP contribution in [0.4, 0.5) is 4.39 Å². The molecule has 3 aromatic rings. The number of esters is 1. The summed E-state index contributed by atoms with van der Waals surface area (Å²) in [6.45, 7) is 6.69. The summed E-state index contributed by atoms with van der Waals surface area (Å²) in [7, 11) is 1.32. The minimum atomic E-state index is -0.510. The van der Waals surface area contributed by atoms with Gasteiger partial charge in [-0.2, -0.15) is 0 Å². The van der Waals surface area contributed by atoms with Crippen LogP contribution in [0.15, 0.2) is 84.7 Å². The Balaban J connectivity index is 1.84. The van der Waals surface area contributed by atoms with E-state index in [1.807, 2.05) is 49.4 Å². The normalized spacial score (nSPS) is 12.4. The molecule has 1 unspecified atom stereocenters. The lowest BCUT2D eigenvalue weighted by atomic mass is 9.87. The highest BCUT2D eigenvalue weighted by atomic mass is 19.1. The third-order valence-corrected chi connectivity index (χ3v) is 5.45. The maximum atomic E-state index is 15.2. The molecule has 0 saturated heterocycles. The predicted molar refractivity (Wildman–Crippen MR) is 132 cm³/mol. The molecule has 0 N–H and O–H groups in total. The first-order chi connectivity index (χ1) is 16.4. The molecular weight excluding hydrogens is 431 g/mol. The van der Waals surface area contributed by atoms with E-state index in [9.17, 15) is 4.79 Å². The van der Waals surface area contributed by atoms with Crippen molar-refractivity contribution in [2.24, 2.45) is 5.92 Å². The number of methoxy groups -OCH3 is 1. The smallest absolute Gasteiger partial charge is 0.341 e.